The van der Waals surface area contributed by atoms with Crippen molar-refractivity contribution in [3.05, 3.63) is 12.4 Å². The molecule has 2 rings (SSSR count). The van der Waals surface area contributed by atoms with Gasteiger partial charge < -0.3 is 10.3 Å². The molecule has 1 heterocycles. The van der Waals surface area contributed by atoms with Gasteiger partial charge in [0.15, 0.2) is 5.16 Å². The van der Waals surface area contributed by atoms with Crippen molar-refractivity contribution in [2.45, 2.75) is 49.6 Å². The molecule has 0 radical (unpaired) electrons. The number of thioether (sulfide) groups is 1. The maximum absolute atomic E-state index is 4.29. The van der Waals surface area contributed by atoms with Gasteiger partial charge in [-0.05, 0) is 31.7 Å². The number of hydrogen-bond acceptors (Lipinski definition) is 3. The number of nitrogens with one attached hydrogen (secondary N) is 2. The van der Waals surface area contributed by atoms with Gasteiger partial charge in [-0.3, -0.25) is 0 Å². The van der Waals surface area contributed by atoms with Crippen LogP contribution < -0.4 is 5.32 Å². The number of imidazole rings is 1. The summed E-state index contributed by atoms with van der Waals surface area (Å²) in [7, 11) is 0. The maximum Gasteiger partial charge on any atom is 0.165 e. The molecule has 2 N–H and O–H groups in total. The van der Waals surface area contributed by atoms with Gasteiger partial charge in [0.25, 0.3) is 0 Å². The van der Waals surface area contributed by atoms with Crippen LogP contribution in [0.5, 0.6) is 0 Å². The summed E-state index contributed by atoms with van der Waals surface area (Å²) in [5.74, 6) is 0.738. The minimum absolute atomic E-state index is 0.701. The highest BCUT2D eigenvalue weighted by Crippen LogP contribution is 2.37. The van der Waals surface area contributed by atoms with Gasteiger partial charge in [-0.1, -0.05) is 25.6 Å². The highest BCUT2D eigenvalue weighted by atomic mass is 32.2. The Balaban J connectivity index is 1.84. The minimum atomic E-state index is 0.701. The summed E-state index contributed by atoms with van der Waals surface area (Å²) in [4.78, 5) is 7.46. The SMILES string of the molecule is CCCNC1CCC(Sc2ncc[nH]2)C1C. The lowest BCUT2D eigenvalue weighted by molar-refractivity contribution is 0.431. The topological polar surface area (TPSA) is 40.7 Å². The van der Waals surface area contributed by atoms with Crippen LogP contribution in [0.3, 0.4) is 0 Å². The number of H-pyrrole nitrogens is 1. The first kappa shape index (κ1) is 12.0. The average molecular weight is 239 g/mol. The zero-order valence-electron chi connectivity index (χ0n) is 10.1. The standard InChI is InChI=1S/C12H21N3S/c1-3-6-13-10-4-5-11(9(10)2)16-12-14-7-8-15-12/h7-11,13H,3-6H2,1-2H3,(H,14,15). The molecule has 4 heteroatoms. The van der Waals surface area contributed by atoms with Crippen LogP contribution in [0.2, 0.25) is 0 Å². The summed E-state index contributed by atoms with van der Waals surface area (Å²) < 4.78 is 0. The molecule has 3 unspecified atom stereocenters. The summed E-state index contributed by atoms with van der Waals surface area (Å²) in [6.45, 7) is 5.73. The molecule has 0 aromatic carbocycles. The second-order valence-electron chi connectivity index (χ2n) is 4.55. The van der Waals surface area contributed by atoms with Gasteiger partial charge in [-0.2, -0.15) is 0 Å². The van der Waals surface area contributed by atoms with E-state index in [1.54, 1.807) is 0 Å². The van der Waals surface area contributed by atoms with Crippen LogP contribution in [0.4, 0.5) is 0 Å². The Labute approximate surface area is 102 Å². The lowest BCUT2D eigenvalue weighted by Crippen LogP contribution is -2.33. The Morgan fingerprint density at radius 2 is 2.44 bits per heavy atom. The van der Waals surface area contributed by atoms with Crippen molar-refractivity contribution in [2.24, 2.45) is 5.92 Å². The van der Waals surface area contributed by atoms with Crippen molar-refractivity contribution in [2.75, 3.05) is 6.54 Å². The number of aromatic amines is 1. The molecule has 0 amide bonds. The third-order valence-corrected chi connectivity index (χ3v) is 4.79. The highest BCUT2D eigenvalue weighted by Gasteiger charge is 2.33. The number of hydrogen-bond donors (Lipinski definition) is 2. The van der Waals surface area contributed by atoms with E-state index >= 15 is 0 Å². The largest absolute Gasteiger partial charge is 0.340 e. The number of nitrogens with zero attached hydrogens (tertiary/aromatic N) is 1. The normalized spacial score (nSPS) is 29.8. The van der Waals surface area contributed by atoms with Gasteiger partial charge in [0.2, 0.25) is 0 Å². The van der Waals surface area contributed by atoms with E-state index in [0.717, 1.165) is 17.6 Å². The molecule has 1 aromatic heterocycles. The molecule has 1 aliphatic carbocycles. The molecule has 1 aliphatic rings. The number of rotatable bonds is 5. The average Bonchev–Trinajstić information content (AvgIpc) is 2.89. The fraction of sp³-hybridized carbons (Fsp3) is 0.750. The van der Waals surface area contributed by atoms with E-state index in [2.05, 4.69) is 29.1 Å². The second-order valence-corrected chi connectivity index (χ2v) is 5.78. The van der Waals surface area contributed by atoms with Gasteiger partial charge in [-0.15, -0.1) is 0 Å². The van der Waals surface area contributed by atoms with Crippen molar-refractivity contribution in [3.63, 3.8) is 0 Å². The van der Waals surface area contributed by atoms with Crippen LogP contribution in [-0.2, 0) is 0 Å². The number of aromatic nitrogens is 2. The van der Waals surface area contributed by atoms with Crippen molar-refractivity contribution in [3.8, 4) is 0 Å². The van der Waals surface area contributed by atoms with Crippen LogP contribution in [0.1, 0.15) is 33.1 Å². The van der Waals surface area contributed by atoms with E-state index < -0.39 is 0 Å². The van der Waals surface area contributed by atoms with Gasteiger partial charge >= 0.3 is 0 Å². The van der Waals surface area contributed by atoms with Crippen LogP contribution >= 0.6 is 11.8 Å². The zero-order valence-corrected chi connectivity index (χ0v) is 10.9. The van der Waals surface area contributed by atoms with Crippen molar-refractivity contribution in [1.82, 2.24) is 15.3 Å². The summed E-state index contributed by atoms with van der Waals surface area (Å²) in [6, 6.07) is 0.701. The molecule has 0 saturated heterocycles. The molecule has 16 heavy (non-hydrogen) atoms. The Kier molecular flexibility index (Phi) is 4.29. The van der Waals surface area contributed by atoms with E-state index in [9.17, 15) is 0 Å². The fourth-order valence-corrected chi connectivity index (χ4v) is 3.57. The predicted octanol–water partition coefficient (Wildman–Crippen LogP) is 2.67. The first-order chi connectivity index (χ1) is 7.81. The quantitative estimate of drug-likeness (QED) is 0.830. The fourth-order valence-electron chi connectivity index (χ4n) is 2.37. The third kappa shape index (κ3) is 2.80. The summed E-state index contributed by atoms with van der Waals surface area (Å²) >= 11 is 1.90. The summed E-state index contributed by atoms with van der Waals surface area (Å²) in [6.07, 6.45) is 7.55. The molecular formula is C12H21N3S. The molecule has 0 aliphatic heterocycles. The third-order valence-electron chi connectivity index (χ3n) is 3.38. The maximum atomic E-state index is 4.29. The van der Waals surface area contributed by atoms with Crippen LogP contribution in [0, 0.1) is 5.92 Å². The first-order valence-corrected chi connectivity index (χ1v) is 7.08. The molecular weight excluding hydrogens is 218 g/mol. The van der Waals surface area contributed by atoms with E-state index in [1.807, 2.05) is 24.2 Å². The highest BCUT2D eigenvalue weighted by molar-refractivity contribution is 7.99. The van der Waals surface area contributed by atoms with Gasteiger partial charge in [0.05, 0.1) is 0 Å². The molecule has 3 atom stereocenters. The Morgan fingerprint density at radius 3 is 3.12 bits per heavy atom. The lowest BCUT2D eigenvalue weighted by Gasteiger charge is -2.20. The van der Waals surface area contributed by atoms with E-state index in [4.69, 9.17) is 0 Å². The van der Waals surface area contributed by atoms with Crippen LogP contribution in [0.25, 0.3) is 0 Å². The first-order valence-electron chi connectivity index (χ1n) is 6.20. The van der Waals surface area contributed by atoms with Crippen LogP contribution in [0.15, 0.2) is 17.6 Å². The zero-order chi connectivity index (χ0) is 11.4. The second kappa shape index (κ2) is 5.73. The molecule has 0 bridgehead atoms. The van der Waals surface area contributed by atoms with Gasteiger partial charge in [-0.25, -0.2) is 4.98 Å². The van der Waals surface area contributed by atoms with E-state index in [1.165, 1.54) is 19.3 Å². The van der Waals surface area contributed by atoms with Crippen LogP contribution in [-0.4, -0.2) is 27.8 Å². The Bertz CT molecular complexity index is 299. The monoisotopic (exact) mass is 239 g/mol. The molecule has 0 spiro atoms. The predicted molar refractivity (Wildman–Crippen MR) is 68.7 cm³/mol. The molecule has 1 saturated carbocycles. The minimum Gasteiger partial charge on any atom is -0.340 e. The Morgan fingerprint density at radius 1 is 1.56 bits per heavy atom. The molecule has 1 aromatic rings. The Hall–Kier alpha value is -0.480. The van der Waals surface area contributed by atoms with E-state index in [-0.39, 0.29) is 0 Å². The van der Waals surface area contributed by atoms with Gasteiger partial charge in [0, 0.05) is 23.7 Å². The van der Waals surface area contributed by atoms with Gasteiger partial charge in [0.1, 0.15) is 0 Å². The lowest BCUT2D eigenvalue weighted by atomic mass is 10.1. The smallest absolute Gasteiger partial charge is 0.165 e. The molecule has 1 fully saturated rings. The summed E-state index contributed by atoms with van der Waals surface area (Å²) in [5.41, 5.74) is 0. The van der Waals surface area contributed by atoms with Crippen molar-refractivity contribution in [1.29, 1.82) is 0 Å². The van der Waals surface area contributed by atoms with Crippen molar-refractivity contribution < 1.29 is 0 Å². The summed E-state index contributed by atoms with van der Waals surface area (Å²) in [5, 5.41) is 5.42. The molecule has 3 nitrogen and oxygen atoms in total. The molecule has 90 valence electrons. The van der Waals surface area contributed by atoms with E-state index in [0.29, 0.717) is 11.3 Å². The van der Waals surface area contributed by atoms with Crippen molar-refractivity contribution >= 4 is 11.8 Å².